The van der Waals surface area contributed by atoms with Crippen molar-refractivity contribution in [2.75, 3.05) is 13.1 Å². The average molecular weight is 455 g/mol. The van der Waals surface area contributed by atoms with Gasteiger partial charge in [-0.2, -0.15) is 0 Å². The van der Waals surface area contributed by atoms with E-state index < -0.39 is 17.5 Å². The van der Waals surface area contributed by atoms with Crippen molar-refractivity contribution in [1.29, 1.82) is 0 Å². The number of hydrogen-bond donors (Lipinski definition) is 1. The number of aryl methyl sites for hydroxylation is 1. The van der Waals surface area contributed by atoms with Crippen LogP contribution in [0, 0.1) is 17.6 Å². The normalized spacial score (nSPS) is 11.3. The summed E-state index contributed by atoms with van der Waals surface area (Å²) in [5.41, 5.74) is 2.69. The number of amides is 1. The Kier molecular flexibility index (Phi) is 8.33. The van der Waals surface area contributed by atoms with Gasteiger partial charge in [0.05, 0.1) is 23.1 Å². The van der Waals surface area contributed by atoms with E-state index in [0.717, 1.165) is 60.1 Å². The van der Waals surface area contributed by atoms with E-state index in [9.17, 15) is 13.6 Å². The van der Waals surface area contributed by atoms with Crippen molar-refractivity contribution in [3.63, 3.8) is 0 Å². The lowest BCUT2D eigenvalue weighted by Gasteiger charge is -2.25. The van der Waals surface area contributed by atoms with Gasteiger partial charge in [-0.15, -0.1) is 6.58 Å². The molecule has 0 bridgehead atoms. The maximum absolute atomic E-state index is 14.3. The van der Waals surface area contributed by atoms with Gasteiger partial charge in [0.2, 0.25) is 0 Å². The predicted octanol–water partition coefficient (Wildman–Crippen LogP) is 5.30. The van der Waals surface area contributed by atoms with Gasteiger partial charge in [-0.3, -0.25) is 4.79 Å². The predicted molar refractivity (Wildman–Crippen MR) is 128 cm³/mol. The van der Waals surface area contributed by atoms with Crippen molar-refractivity contribution >= 4 is 16.9 Å². The van der Waals surface area contributed by atoms with E-state index >= 15 is 0 Å². The third-order valence-corrected chi connectivity index (χ3v) is 5.32. The van der Waals surface area contributed by atoms with Gasteiger partial charge in [0.25, 0.3) is 5.91 Å². The van der Waals surface area contributed by atoms with E-state index in [0.29, 0.717) is 13.1 Å². The largest absolute Gasteiger partial charge is 0.331 e. The van der Waals surface area contributed by atoms with Gasteiger partial charge < -0.3 is 14.8 Å². The van der Waals surface area contributed by atoms with Crippen LogP contribution in [0.2, 0.25) is 0 Å². The lowest BCUT2D eigenvalue weighted by Crippen LogP contribution is -2.35. The summed E-state index contributed by atoms with van der Waals surface area (Å²) in [5, 5.41) is 3.29. The Labute approximate surface area is 194 Å². The molecule has 7 heteroatoms. The number of rotatable bonds is 11. The molecule has 1 N–H and O–H groups in total. The van der Waals surface area contributed by atoms with Crippen LogP contribution in [-0.2, 0) is 19.6 Å². The molecule has 0 spiro atoms. The second kappa shape index (κ2) is 11.2. The van der Waals surface area contributed by atoms with E-state index in [4.69, 9.17) is 4.98 Å². The highest BCUT2D eigenvalue weighted by molar-refractivity contribution is 5.94. The number of nitrogens with one attached hydrogen (secondary N) is 1. The van der Waals surface area contributed by atoms with Gasteiger partial charge in [-0.1, -0.05) is 32.9 Å². The van der Waals surface area contributed by atoms with E-state index in [-0.39, 0.29) is 18.0 Å². The van der Waals surface area contributed by atoms with Crippen molar-refractivity contribution in [2.45, 2.75) is 46.8 Å². The SMILES string of the molecule is C=CCNCc1ccc2c(c1)nc(CN(CC(C)C)C(=O)c1cc(F)ccc1F)n2CCC. The maximum atomic E-state index is 14.3. The summed E-state index contributed by atoms with van der Waals surface area (Å²) < 4.78 is 30.2. The standard InChI is InChI=1S/C26H32F2N4O/c1-5-11-29-15-19-7-10-24-23(13-19)30-25(32(24)12-6-2)17-31(16-18(3)4)26(33)21-14-20(27)8-9-22(21)28/h5,7-10,13-14,18,29H,1,6,11-12,15-17H2,2-4H3. The average Bonchev–Trinajstić information content (AvgIpc) is 3.11. The van der Waals surface area contributed by atoms with Crippen molar-refractivity contribution in [3.05, 3.63) is 77.6 Å². The van der Waals surface area contributed by atoms with E-state index in [1.165, 1.54) is 0 Å². The first-order chi connectivity index (χ1) is 15.8. The van der Waals surface area contributed by atoms with Gasteiger partial charge in [0, 0.05) is 26.2 Å². The molecular weight excluding hydrogens is 422 g/mol. The minimum absolute atomic E-state index is 0.150. The Hall–Kier alpha value is -3.06. The van der Waals surface area contributed by atoms with Crippen molar-refractivity contribution < 1.29 is 13.6 Å². The maximum Gasteiger partial charge on any atom is 0.257 e. The summed E-state index contributed by atoms with van der Waals surface area (Å²) in [6.07, 6.45) is 2.71. The molecule has 1 amide bonds. The van der Waals surface area contributed by atoms with Crippen LogP contribution in [0.3, 0.4) is 0 Å². The van der Waals surface area contributed by atoms with Gasteiger partial charge in [0.1, 0.15) is 17.5 Å². The molecule has 0 saturated carbocycles. The summed E-state index contributed by atoms with van der Waals surface area (Å²) in [5.74, 6) is -1.02. The third-order valence-electron chi connectivity index (χ3n) is 5.32. The van der Waals surface area contributed by atoms with Gasteiger partial charge >= 0.3 is 0 Å². The molecule has 33 heavy (non-hydrogen) atoms. The molecule has 0 radical (unpaired) electrons. The Bertz CT molecular complexity index is 1120. The fourth-order valence-electron chi connectivity index (χ4n) is 3.91. The van der Waals surface area contributed by atoms with E-state index in [1.807, 2.05) is 32.1 Å². The van der Waals surface area contributed by atoms with Crippen LogP contribution in [0.4, 0.5) is 8.78 Å². The van der Waals surface area contributed by atoms with Crippen LogP contribution in [0.25, 0.3) is 11.0 Å². The Morgan fingerprint density at radius 3 is 2.73 bits per heavy atom. The number of carbonyl (C=O) groups is 1. The van der Waals surface area contributed by atoms with Gasteiger partial charge in [-0.05, 0) is 48.2 Å². The molecule has 0 aliphatic carbocycles. The topological polar surface area (TPSA) is 50.2 Å². The molecule has 0 atom stereocenters. The molecule has 176 valence electrons. The number of nitrogens with zero attached hydrogens (tertiary/aromatic N) is 3. The lowest BCUT2D eigenvalue weighted by molar-refractivity contribution is 0.0711. The lowest BCUT2D eigenvalue weighted by atomic mass is 10.1. The minimum Gasteiger partial charge on any atom is -0.331 e. The van der Waals surface area contributed by atoms with Crippen LogP contribution in [-0.4, -0.2) is 33.4 Å². The smallest absolute Gasteiger partial charge is 0.257 e. The zero-order valence-electron chi connectivity index (χ0n) is 19.6. The van der Waals surface area contributed by atoms with Crippen LogP contribution < -0.4 is 5.32 Å². The van der Waals surface area contributed by atoms with Crippen LogP contribution in [0.5, 0.6) is 0 Å². The Morgan fingerprint density at radius 1 is 1.24 bits per heavy atom. The molecule has 0 aliphatic heterocycles. The molecular formula is C26H32F2N4O. The second-order valence-corrected chi connectivity index (χ2v) is 8.63. The van der Waals surface area contributed by atoms with E-state index in [2.05, 4.69) is 29.5 Å². The number of halogens is 2. The molecule has 0 fully saturated rings. The number of carbonyl (C=O) groups excluding carboxylic acids is 1. The Balaban J connectivity index is 1.96. The fourth-order valence-corrected chi connectivity index (χ4v) is 3.91. The molecule has 0 unspecified atom stereocenters. The molecule has 3 rings (SSSR count). The fraction of sp³-hybridized carbons (Fsp3) is 0.385. The van der Waals surface area contributed by atoms with Crippen LogP contribution in [0.1, 0.15) is 48.9 Å². The van der Waals surface area contributed by atoms with Crippen LogP contribution in [0.15, 0.2) is 49.1 Å². The zero-order valence-corrected chi connectivity index (χ0v) is 19.6. The molecule has 1 aromatic heterocycles. The second-order valence-electron chi connectivity index (χ2n) is 8.63. The molecule has 5 nitrogen and oxygen atoms in total. The van der Waals surface area contributed by atoms with Crippen molar-refractivity contribution in [3.8, 4) is 0 Å². The minimum atomic E-state index is -0.728. The van der Waals surface area contributed by atoms with E-state index in [1.54, 1.807) is 4.90 Å². The zero-order chi connectivity index (χ0) is 24.0. The number of imidazole rings is 1. The summed E-state index contributed by atoms with van der Waals surface area (Å²) in [6.45, 7) is 12.6. The summed E-state index contributed by atoms with van der Waals surface area (Å²) in [6, 6.07) is 9.12. The van der Waals surface area contributed by atoms with Crippen molar-refractivity contribution in [2.24, 2.45) is 5.92 Å². The quantitative estimate of drug-likeness (QED) is 0.316. The molecule has 0 aliphatic rings. The molecule has 1 heterocycles. The van der Waals surface area contributed by atoms with Crippen LogP contribution >= 0.6 is 0 Å². The third kappa shape index (κ3) is 6.05. The van der Waals surface area contributed by atoms with Gasteiger partial charge in [0.15, 0.2) is 0 Å². The number of benzene rings is 2. The molecule has 3 aromatic rings. The molecule has 0 saturated heterocycles. The number of fused-ring (bicyclic) bond motifs is 1. The monoisotopic (exact) mass is 454 g/mol. The number of hydrogen-bond acceptors (Lipinski definition) is 3. The highest BCUT2D eigenvalue weighted by atomic mass is 19.1. The van der Waals surface area contributed by atoms with Crippen molar-refractivity contribution in [1.82, 2.24) is 19.8 Å². The first kappa shape index (κ1) is 24.6. The first-order valence-corrected chi connectivity index (χ1v) is 11.4. The summed E-state index contributed by atoms with van der Waals surface area (Å²) in [4.78, 5) is 19.6. The Morgan fingerprint density at radius 2 is 2.03 bits per heavy atom. The first-order valence-electron chi connectivity index (χ1n) is 11.4. The molecule has 2 aromatic carbocycles. The summed E-state index contributed by atoms with van der Waals surface area (Å²) >= 11 is 0. The van der Waals surface area contributed by atoms with Gasteiger partial charge in [-0.25, -0.2) is 13.8 Å². The number of aromatic nitrogens is 2. The summed E-state index contributed by atoms with van der Waals surface area (Å²) in [7, 11) is 0. The highest BCUT2D eigenvalue weighted by Gasteiger charge is 2.23. The highest BCUT2D eigenvalue weighted by Crippen LogP contribution is 2.22.